The Morgan fingerprint density at radius 3 is 3.00 bits per heavy atom. The lowest BCUT2D eigenvalue weighted by atomic mass is 9.97. The van der Waals surface area contributed by atoms with Crippen molar-refractivity contribution in [2.75, 3.05) is 25.0 Å². The second-order valence-electron chi connectivity index (χ2n) is 7.45. The van der Waals surface area contributed by atoms with Gasteiger partial charge in [-0.15, -0.1) is 11.3 Å². The van der Waals surface area contributed by atoms with Gasteiger partial charge >= 0.3 is 0 Å². The minimum absolute atomic E-state index is 0.0343. The van der Waals surface area contributed by atoms with E-state index in [0.29, 0.717) is 11.7 Å². The number of pyridine rings is 1. The molecule has 0 spiro atoms. The molecule has 2 N–H and O–H groups in total. The van der Waals surface area contributed by atoms with Crippen LogP contribution in [0.3, 0.4) is 0 Å². The molecule has 2 bridgehead atoms. The highest BCUT2D eigenvalue weighted by molar-refractivity contribution is 7.17. The number of anilines is 1. The highest BCUT2D eigenvalue weighted by atomic mass is 32.1. The molecular formula is C18H22N4OS. The molecule has 2 saturated heterocycles. The molecule has 5 rings (SSSR count). The molecule has 0 radical (unpaired) electrons. The lowest BCUT2D eigenvalue weighted by molar-refractivity contribution is 0.0904. The number of carbonyl (C=O) groups is 1. The molecule has 6 heteroatoms. The molecule has 3 fully saturated rings. The maximum atomic E-state index is 12.6. The van der Waals surface area contributed by atoms with Gasteiger partial charge in [-0.2, -0.15) is 0 Å². The molecule has 1 unspecified atom stereocenters. The second-order valence-corrected chi connectivity index (χ2v) is 8.37. The van der Waals surface area contributed by atoms with Crippen LogP contribution in [0.25, 0.3) is 10.1 Å². The number of hydrogen-bond donors (Lipinski definition) is 2. The van der Waals surface area contributed by atoms with Crippen LogP contribution in [0.4, 0.5) is 5.69 Å². The van der Waals surface area contributed by atoms with Gasteiger partial charge in [0, 0.05) is 42.1 Å². The number of amides is 1. The third-order valence-electron chi connectivity index (χ3n) is 5.43. The molecule has 2 aromatic rings. The first-order valence-corrected chi connectivity index (χ1v) is 9.79. The van der Waals surface area contributed by atoms with E-state index < -0.39 is 0 Å². The maximum absolute atomic E-state index is 12.6. The Labute approximate surface area is 145 Å². The van der Waals surface area contributed by atoms with Gasteiger partial charge in [0.2, 0.25) is 0 Å². The molecule has 5 nitrogen and oxygen atoms in total. The molecule has 126 valence electrons. The number of rotatable bonds is 4. The zero-order valence-corrected chi connectivity index (χ0v) is 14.4. The number of thiophene rings is 1. The number of piperidine rings is 1. The number of fused-ring (bicyclic) bond motifs is 3. The number of nitrogens with zero attached hydrogens (tertiary/aromatic N) is 2. The van der Waals surface area contributed by atoms with Gasteiger partial charge in [0.1, 0.15) is 5.69 Å². The van der Waals surface area contributed by atoms with Crippen LogP contribution in [0.2, 0.25) is 0 Å². The average molecular weight is 342 g/mol. The van der Waals surface area contributed by atoms with Crippen molar-refractivity contribution in [3.8, 4) is 0 Å². The minimum Gasteiger partial charge on any atom is -0.381 e. The van der Waals surface area contributed by atoms with Gasteiger partial charge < -0.3 is 15.5 Å². The van der Waals surface area contributed by atoms with Crippen LogP contribution in [-0.2, 0) is 0 Å². The summed E-state index contributed by atoms with van der Waals surface area (Å²) >= 11 is 1.69. The Kier molecular flexibility index (Phi) is 3.49. The summed E-state index contributed by atoms with van der Waals surface area (Å²) in [6, 6.07) is 2.83. The van der Waals surface area contributed by atoms with Crippen LogP contribution in [0.5, 0.6) is 0 Å². The van der Waals surface area contributed by atoms with Gasteiger partial charge in [0.05, 0.1) is 10.4 Å². The van der Waals surface area contributed by atoms with E-state index in [1.807, 2.05) is 12.3 Å². The molecule has 0 aromatic carbocycles. The fourth-order valence-electron chi connectivity index (χ4n) is 4.04. The number of aromatic nitrogens is 1. The Morgan fingerprint density at radius 2 is 2.17 bits per heavy atom. The van der Waals surface area contributed by atoms with Crippen molar-refractivity contribution in [3.05, 3.63) is 23.3 Å². The quantitative estimate of drug-likeness (QED) is 0.897. The molecule has 2 aromatic heterocycles. The van der Waals surface area contributed by atoms with E-state index in [9.17, 15) is 4.79 Å². The van der Waals surface area contributed by atoms with Crippen LogP contribution in [0, 0.1) is 5.92 Å². The van der Waals surface area contributed by atoms with E-state index in [1.165, 1.54) is 32.4 Å². The van der Waals surface area contributed by atoms with Crippen molar-refractivity contribution >= 4 is 33.0 Å². The van der Waals surface area contributed by atoms with Crippen LogP contribution >= 0.6 is 11.3 Å². The number of carbonyl (C=O) groups excluding carboxylic acids is 1. The molecule has 2 aliphatic heterocycles. The van der Waals surface area contributed by atoms with Gasteiger partial charge in [-0.25, -0.2) is 4.98 Å². The van der Waals surface area contributed by atoms with E-state index in [1.54, 1.807) is 11.3 Å². The topological polar surface area (TPSA) is 57.3 Å². The largest absolute Gasteiger partial charge is 0.381 e. The lowest BCUT2D eigenvalue weighted by Gasteiger charge is -2.30. The monoisotopic (exact) mass is 342 g/mol. The summed E-state index contributed by atoms with van der Waals surface area (Å²) in [6.07, 6.45) is 6.71. The summed E-state index contributed by atoms with van der Waals surface area (Å²) in [4.78, 5) is 19.5. The number of nitrogens with one attached hydrogen (secondary N) is 2. The lowest BCUT2D eigenvalue weighted by Crippen LogP contribution is -2.47. The Morgan fingerprint density at radius 1 is 1.25 bits per heavy atom. The van der Waals surface area contributed by atoms with E-state index in [2.05, 4.69) is 25.9 Å². The van der Waals surface area contributed by atoms with Crippen LogP contribution < -0.4 is 10.6 Å². The highest BCUT2D eigenvalue weighted by Gasteiger charge is 2.33. The van der Waals surface area contributed by atoms with Crippen LogP contribution in [-0.4, -0.2) is 47.5 Å². The zero-order valence-electron chi connectivity index (χ0n) is 13.6. The maximum Gasteiger partial charge on any atom is 0.270 e. The summed E-state index contributed by atoms with van der Waals surface area (Å²) in [5.41, 5.74) is 1.68. The molecule has 1 aliphatic carbocycles. The predicted molar refractivity (Wildman–Crippen MR) is 96.7 cm³/mol. The van der Waals surface area contributed by atoms with Gasteiger partial charge in [0.25, 0.3) is 5.91 Å². The van der Waals surface area contributed by atoms with Crippen LogP contribution in [0.1, 0.15) is 36.2 Å². The van der Waals surface area contributed by atoms with Crippen molar-refractivity contribution in [2.24, 2.45) is 5.92 Å². The third-order valence-corrected chi connectivity index (χ3v) is 6.37. The fraction of sp³-hybridized carbons (Fsp3) is 0.556. The fourth-order valence-corrected chi connectivity index (χ4v) is 4.89. The van der Waals surface area contributed by atoms with E-state index in [4.69, 9.17) is 0 Å². The second kappa shape index (κ2) is 5.70. The van der Waals surface area contributed by atoms with Crippen molar-refractivity contribution in [3.63, 3.8) is 0 Å². The van der Waals surface area contributed by atoms with E-state index >= 15 is 0 Å². The first kappa shape index (κ1) is 14.7. The van der Waals surface area contributed by atoms with E-state index in [0.717, 1.165) is 34.7 Å². The molecule has 3 aliphatic rings. The van der Waals surface area contributed by atoms with Crippen molar-refractivity contribution < 1.29 is 4.79 Å². The van der Waals surface area contributed by atoms with Gasteiger partial charge in [-0.1, -0.05) is 0 Å². The minimum atomic E-state index is -0.0343. The van der Waals surface area contributed by atoms with Crippen molar-refractivity contribution in [1.29, 1.82) is 0 Å². The van der Waals surface area contributed by atoms with Crippen molar-refractivity contribution in [1.82, 2.24) is 15.2 Å². The zero-order chi connectivity index (χ0) is 16.1. The molecule has 24 heavy (non-hydrogen) atoms. The summed E-state index contributed by atoms with van der Waals surface area (Å²) in [5, 5.41) is 10.0. The average Bonchev–Trinajstić information content (AvgIpc) is 3.22. The molecule has 3 atom stereocenters. The molecule has 4 heterocycles. The standard InChI is InChI=1S/C18H22N4OS/c23-18(21-13-5-11-3-4-22(8-11)9-13)15-6-14-16(20-12-1-2-12)10-24-17(14)7-19-15/h6-7,10-13,20H,1-5,8-9H2,(H,21,23)/t11-,13-/m1/s1. The highest BCUT2D eigenvalue weighted by Crippen LogP contribution is 2.34. The smallest absolute Gasteiger partial charge is 0.270 e. The van der Waals surface area contributed by atoms with E-state index in [-0.39, 0.29) is 11.9 Å². The summed E-state index contributed by atoms with van der Waals surface area (Å²) in [7, 11) is 0. The molecular weight excluding hydrogens is 320 g/mol. The third kappa shape index (κ3) is 2.78. The first-order valence-electron chi connectivity index (χ1n) is 8.91. The van der Waals surface area contributed by atoms with Gasteiger partial charge in [-0.3, -0.25) is 4.79 Å². The molecule has 1 amide bonds. The Hall–Kier alpha value is -1.66. The van der Waals surface area contributed by atoms with Gasteiger partial charge in [0.15, 0.2) is 0 Å². The summed E-state index contributed by atoms with van der Waals surface area (Å²) in [6.45, 7) is 3.38. The normalized spacial score (nSPS) is 28.9. The predicted octanol–water partition coefficient (Wildman–Crippen LogP) is 2.69. The Balaban J connectivity index is 1.34. The Bertz CT molecular complexity index is 772. The van der Waals surface area contributed by atoms with Crippen LogP contribution in [0.15, 0.2) is 17.6 Å². The van der Waals surface area contributed by atoms with Crippen molar-refractivity contribution in [2.45, 2.75) is 37.8 Å². The summed E-state index contributed by atoms with van der Waals surface area (Å²) in [5.74, 6) is 0.721. The number of hydrogen-bond acceptors (Lipinski definition) is 5. The molecule has 1 saturated carbocycles. The first-order chi connectivity index (χ1) is 11.7. The SMILES string of the molecule is O=C(N[C@@H]1C[C@H]2CCN(C2)C1)c1cc2c(NC3CC3)csc2cn1. The summed E-state index contributed by atoms with van der Waals surface area (Å²) < 4.78 is 1.14. The van der Waals surface area contributed by atoms with Gasteiger partial charge in [-0.05, 0) is 44.2 Å².